The maximum atomic E-state index is 13.1. The minimum Gasteiger partial charge on any atom is -0.385 e. The largest absolute Gasteiger partial charge is 0.385 e. The molecule has 24 heavy (non-hydrogen) atoms. The van der Waals surface area contributed by atoms with Crippen LogP contribution >= 0.6 is 0 Å². The van der Waals surface area contributed by atoms with E-state index < -0.39 is 5.60 Å². The van der Waals surface area contributed by atoms with Crippen LogP contribution in [0.1, 0.15) is 31.2 Å². The van der Waals surface area contributed by atoms with Crippen molar-refractivity contribution in [2.24, 2.45) is 0 Å². The molecule has 0 spiro atoms. The van der Waals surface area contributed by atoms with Crippen LogP contribution in [0.5, 0.6) is 0 Å². The Morgan fingerprint density at radius 3 is 2.54 bits per heavy atom. The van der Waals surface area contributed by atoms with Gasteiger partial charge in [0.05, 0.1) is 18.8 Å². The zero-order chi connectivity index (χ0) is 17.2. The van der Waals surface area contributed by atoms with Crippen LogP contribution in [0.25, 0.3) is 0 Å². The summed E-state index contributed by atoms with van der Waals surface area (Å²) in [4.78, 5) is 14.3. The molecule has 0 saturated carbocycles. The Balaban J connectivity index is 1.63. The number of aliphatic hydroxyl groups is 1. The number of carbonyl (C=O) groups is 1. The number of ether oxygens (including phenoxy) is 1. The summed E-state index contributed by atoms with van der Waals surface area (Å²) in [5, 5.41) is 13.9. The van der Waals surface area contributed by atoms with Gasteiger partial charge in [0.1, 0.15) is 5.82 Å². The Morgan fingerprint density at radius 1 is 1.33 bits per heavy atom. The minimum atomic E-state index is -0.928. The van der Waals surface area contributed by atoms with E-state index in [1.165, 1.54) is 12.1 Å². The standard InChI is InChI=1S/C18H25FN2O3/c1-24-9-8-20-17(22)12-21-15-6-7-16(21)11-18(23,10-15)13-2-4-14(19)5-3-13/h2-5,15-16,23H,6-12H2,1H3,(H,20,22). The number of methoxy groups -OCH3 is 1. The van der Waals surface area contributed by atoms with Crippen LogP contribution in [0.2, 0.25) is 0 Å². The summed E-state index contributed by atoms with van der Waals surface area (Å²) in [7, 11) is 1.60. The molecule has 2 fully saturated rings. The highest BCUT2D eigenvalue weighted by molar-refractivity contribution is 5.78. The third-order valence-electron chi connectivity index (χ3n) is 5.25. The SMILES string of the molecule is COCCNC(=O)CN1C2CCC1CC(O)(c1ccc(F)cc1)C2. The van der Waals surface area contributed by atoms with Gasteiger partial charge in [0.15, 0.2) is 0 Å². The molecular weight excluding hydrogens is 311 g/mol. The Morgan fingerprint density at radius 2 is 1.96 bits per heavy atom. The van der Waals surface area contributed by atoms with Crippen LogP contribution in [0.3, 0.4) is 0 Å². The fourth-order valence-corrected chi connectivity index (χ4v) is 4.08. The highest BCUT2D eigenvalue weighted by Gasteiger charge is 2.48. The van der Waals surface area contributed by atoms with E-state index in [0.29, 0.717) is 32.5 Å². The van der Waals surface area contributed by atoms with Crippen molar-refractivity contribution in [2.75, 3.05) is 26.8 Å². The highest BCUT2D eigenvalue weighted by Crippen LogP contribution is 2.45. The van der Waals surface area contributed by atoms with Crippen LogP contribution in [0.4, 0.5) is 4.39 Å². The fraction of sp³-hybridized carbons (Fsp3) is 0.611. The number of amides is 1. The highest BCUT2D eigenvalue weighted by atomic mass is 19.1. The molecule has 2 saturated heterocycles. The zero-order valence-electron chi connectivity index (χ0n) is 14.0. The monoisotopic (exact) mass is 336 g/mol. The fourth-order valence-electron chi connectivity index (χ4n) is 4.08. The molecule has 2 heterocycles. The predicted octanol–water partition coefficient (Wildman–Crippen LogP) is 1.40. The summed E-state index contributed by atoms with van der Waals surface area (Å²) in [6, 6.07) is 6.50. The first-order chi connectivity index (χ1) is 11.5. The molecule has 1 aromatic carbocycles. The van der Waals surface area contributed by atoms with Gasteiger partial charge >= 0.3 is 0 Å². The van der Waals surface area contributed by atoms with E-state index in [1.807, 2.05) is 0 Å². The van der Waals surface area contributed by atoms with Crippen LogP contribution in [0.15, 0.2) is 24.3 Å². The smallest absolute Gasteiger partial charge is 0.234 e. The Kier molecular flexibility index (Phi) is 5.18. The summed E-state index contributed by atoms with van der Waals surface area (Å²) in [6.07, 6.45) is 3.14. The zero-order valence-corrected chi connectivity index (χ0v) is 14.0. The number of fused-ring (bicyclic) bond motifs is 2. The van der Waals surface area contributed by atoms with Gasteiger partial charge in [-0.2, -0.15) is 0 Å². The van der Waals surface area contributed by atoms with Crippen LogP contribution in [0, 0.1) is 5.82 Å². The lowest BCUT2D eigenvalue weighted by molar-refractivity contribution is -0.126. The molecule has 2 aliphatic heterocycles. The van der Waals surface area contributed by atoms with Crippen LogP contribution in [-0.2, 0) is 15.1 Å². The number of hydrogen-bond donors (Lipinski definition) is 2. The Labute approximate surface area is 141 Å². The minimum absolute atomic E-state index is 0.00354. The Hall–Kier alpha value is -1.50. The van der Waals surface area contributed by atoms with Gasteiger partial charge in [0.25, 0.3) is 0 Å². The lowest BCUT2D eigenvalue weighted by Gasteiger charge is -2.43. The number of halogens is 1. The van der Waals surface area contributed by atoms with Crippen molar-refractivity contribution < 1.29 is 19.0 Å². The summed E-state index contributed by atoms with van der Waals surface area (Å²) >= 11 is 0. The molecule has 132 valence electrons. The van der Waals surface area contributed by atoms with Gasteiger partial charge < -0.3 is 15.2 Å². The second-order valence-corrected chi connectivity index (χ2v) is 6.85. The van der Waals surface area contributed by atoms with E-state index >= 15 is 0 Å². The molecule has 3 rings (SSSR count). The molecule has 1 amide bonds. The van der Waals surface area contributed by atoms with Gasteiger partial charge in [0, 0.05) is 25.7 Å². The van der Waals surface area contributed by atoms with Gasteiger partial charge in [-0.25, -0.2) is 4.39 Å². The topological polar surface area (TPSA) is 61.8 Å². The van der Waals surface area contributed by atoms with Gasteiger partial charge in [-0.05, 0) is 43.4 Å². The molecule has 0 aliphatic carbocycles. The molecule has 2 N–H and O–H groups in total. The van der Waals surface area contributed by atoms with E-state index in [-0.39, 0.29) is 23.8 Å². The molecule has 2 unspecified atom stereocenters. The second kappa shape index (κ2) is 7.17. The van der Waals surface area contributed by atoms with Gasteiger partial charge in [0.2, 0.25) is 5.91 Å². The lowest BCUT2D eigenvalue weighted by atomic mass is 9.80. The molecule has 0 aromatic heterocycles. The number of hydrogen-bond acceptors (Lipinski definition) is 4. The number of rotatable bonds is 6. The average Bonchev–Trinajstić information content (AvgIpc) is 2.79. The van der Waals surface area contributed by atoms with E-state index in [1.54, 1.807) is 19.2 Å². The number of nitrogens with one attached hydrogen (secondary N) is 1. The van der Waals surface area contributed by atoms with Crippen molar-refractivity contribution >= 4 is 5.91 Å². The lowest BCUT2D eigenvalue weighted by Crippen LogP contribution is -2.52. The molecular formula is C18H25FN2O3. The van der Waals surface area contributed by atoms with E-state index in [9.17, 15) is 14.3 Å². The third-order valence-corrected chi connectivity index (χ3v) is 5.25. The number of benzene rings is 1. The molecule has 5 nitrogen and oxygen atoms in total. The molecule has 0 radical (unpaired) electrons. The number of nitrogens with zero attached hydrogens (tertiary/aromatic N) is 1. The first kappa shape index (κ1) is 17.3. The molecule has 6 heteroatoms. The normalized spacial score (nSPS) is 29.6. The summed E-state index contributed by atoms with van der Waals surface area (Å²) < 4.78 is 18.1. The van der Waals surface area contributed by atoms with Gasteiger partial charge in [-0.15, -0.1) is 0 Å². The average molecular weight is 336 g/mol. The van der Waals surface area contributed by atoms with Crippen molar-refractivity contribution in [3.05, 3.63) is 35.6 Å². The van der Waals surface area contributed by atoms with Crippen molar-refractivity contribution in [2.45, 2.75) is 43.4 Å². The van der Waals surface area contributed by atoms with E-state index in [2.05, 4.69) is 10.2 Å². The first-order valence-electron chi connectivity index (χ1n) is 8.51. The summed E-state index contributed by atoms with van der Waals surface area (Å²) in [6.45, 7) is 1.37. The van der Waals surface area contributed by atoms with Crippen molar-refractivity contribution in [3.8, 4) is 0 Å². The van der Waals surface area contributed by atoms with Crippen molar-refractivity contribution in [1.82, 2.24) is 10.2 Å². The van der Waals surface area contributed by atoms with Crippen LogP contribution < -0.4 is 5.32 Å². The quantitative estimate of drug-likeness (QED) is 0.771. The first-order valence-corrected chi connectivity index (χ1v) is 8.51. The van der Waals surface area contributed by atoms with E-state index in [0.717, 1.165) is 18.4 Å². The predicted molar refractivity (Wildman–Crippen MR) is 87.9 cm³/mol. The maximum Gasteiger partial charge on any atom is 0.234 e. The number of piperidine rings is 1. The van der Waals surface area contributed by atoms with Crippen LogP contribution in [-0.4, -0.2) is 54.8 Å². The molecule has 2 aliphatic rings. The summed E-state index contributed by atoms with van der Waals surface area (Å²) in [5.74, 6) is -0.299. The van der Waals surface area contributed by atoms with E-state index in [4.69, 9.17) is 4.74 Å². The summed E-state index contributed by atoms with van der Waals surface area (Å²) in [5.41, 5.74) is -0.160. The maximum absolute atomic E-state index is 13.1. The van der Waals surface area contributed by atoms with Crippen molar-refractivity contribution in [3.63, 3.8) is 0 Å². The van der Waals surface area contributed by atoms with Crippen molar-refractivity contribution in [1.29, 1.82) is 0 Å². The van der Waals surface area contributed by atoms with Gasteiger partial charge in [-0.1, -0.05) is 12.1 Å². The molecule has 2 bridgehead atoms. The molecule has 1 aromatic rings. The Bertz CT molecular complexity index is 564. The number of carbonyl (C=O) groups excluding carboxylic acids is 1. The second-order valence-electron chi connectivity index (χ2n) is 6.85. The third kappa shape index (κ3) is 3.61. The van der Waals surface area contributed by atoms with Gasteiger partial charge in [-0.3, -0.25) is 9.69 Å². The molecule has 2 atom stereocenters.